The first-order valence-electron chi connectivity index (χ1n) is 5.08. The van der Waals surface area contributed by atoms with E-state index in [1.807, 2.05) is 0 Å². The van der Waals surface area contributed by atoms with Gasteiger partial charge >= 0.3 is 0 Å². The fourth-order valence-corrected chi connectivity index (χ4v) is 1.81. The molecule has 1 amide bonds. The topological polar surface area (TPSA) is 78.9 Å². The Hall–Kier alpha value is -1.02. The van der Waals surface area contributed by atoms with Gasteiger partial charge in [-0.2, -0.15) is 0 Å². The van der Waals surface area contributed by atoms with Gasteiger partial charge < -0.3 is 15.8 Å². The first kappa shape index (κ1) is 15.0. The van der Waals surface area contributed by atoms with Crippen LogP contribution in [0.25, 0.3) is 0 Å². The van der Waals surface area contributed by atoms with E-state index in [0.29, 0.717) is 10.6 Å². The van der Waals surface area contributed by atoms with Crippen molar-refractivity contribution in [2.75, 3.05) is 7.05 Å². The van der Waals surface area contributed by atoms with Gasteiger partial charge in [-0.15, -0.1) is 0 Å². The van der Waals surface area contributed by atoms with Gasteiger partial charge in [0, 0.05) is 16.2 Å². The van der Waals surface area contributed by atoms with Crippen molar-refractivity contribution in [3.05, 3.63) is 32.4 Å². The van der Waals surface area contributed by atoms with Crippen LogP contribution >= 0.6 is 34.2 Å². The molecule has 0 saturated heterocycles. The normalized spacial score (nSPS) is 13.2. The summed E-state index contributed by atoms with van der Waals surface area (Å²) in [6.45, 7) is 1.67. The molecule has 1 rings (SSSR count). The van der Waals surface area contributed by atoms with Crippen LogP contribution in [0.15, 0.2) is 23.4 Å². The molecule has 0 spiro atoms. The lowest BCUT2D eigenvalue weighted by atomic mass is 10.1. The van der Waals surface area contributed by atoms with E-state index < -0.39 is 6.04 Å². The molecule has 0 bridgehead atoms. The Balaban J connectivity index is 2.96. The van der Waals surface area contributed by atoms with Crippen LogP contribution in [0.2, 0.25) is 5.02 Å². The number of carbonyl (C=O) groups excluding carboxylic acids is 1. The van der Waals surface area contributed by atoms with Crippen molar-refractivity contribution in [1.82, 2.24) is 4.90 Å². The van der Waals surface area contributed by atoms with Crippen LogP contribution in [0, 0.1) is 3.57 Å². The van der Waals surface area contributed by atoms with Crippen LogP contribution in [0.1, 0.15) is 17.3 Å². The molecule has 0 aliphatic carbocycles. The molecule has 0 aliphatic rings. The number of oxime groups is 1. The molecule has 0 aromatic heterocycles. The Morgan fingerprint density at radius 1 is 1.61 bits per heavy atom. The van der Waals surface area contributed by atoms with E-state index in [-0.39, 0.29) is 11.7 Å². The zero-order valence-electron chi connectivity index (χ0n) is 9.89. The molecule has 0 fully saturated rings. The molecular formula is C11H13ClIN3O2. The second-order valence-corrected chi connectivity index (χ2v) is 5.32. The largest absolute Gasteiger partial charge is 0.409 e. The van der Waals surface area contributed by atoms with Crippen molar-refractivity contribution in [3.63, 3.8) is 0 Å². The van der Waals surface area contributed by atoms with Gasteiger partial charge in [-0.25, -0.2) is 0 Å². The average molecular weight is 382 g/mol. The Bertz CT molecular complexity index is 493. The molecule has 3 N–H and O–H groups in total. The van der Waals surface area contributed by atoms with Gasteiger partial charge in [0.25, 0.3) is 5.91 Å². The average Bonchev–Trinajstić information content (AvgIpc) is 2.38. The second kappa shape index (κ2) is 6.24. The SMILES string of the molecule is CC(/C(N)=N/O)N(C)C(=O)c1ccc(I)c(Cl)c1. The third-order valence-corrected chi connectivity index (χ3v) is 4.18. The van der Waals surface area contributed by atoms with Gasteiger partial charge in [0.1, 0.15) is 0 Å². The molecule has 0 saturated carbocycles. The van der Waals surface area contributed by atoms with E-state index in [1.165, 1.54) is 4.90 Å². The summed E-state index contributed by atoms with van der Waals surface area (Å²) in [5.41, 5.74) is 5.92. The highest BCUT2D eigenvalue weighted by Gasteiger charge is 2.21. The third-order valence-electron chi connectivity index (χ3n) is 2.61. The highest BCUT2D eigenvalue weighted by atomic mass is 127. The van der Waals surface area contributed by atoms with Crippen LogP contribution in [0.3, 0.4) is 0 Å². The minimum atomic E-state index is -0.499. The summed E-state index contributed by atoms with van der Waals surface area (Å²) in [6.07, 6.45) is 0. The zero-order chi connectivity index (χ0) is 13.9. The highest BCUT2D eigenvalue weighted by Crippen LogP contribution is 2.20. The van der Waals surface area contributed by atoms with Crippen molar-refractivity contribution in [1.29, 1.82) is 0 Å². The van der Waals surface area contributed by atoms with Crippen molar-refractivity contribution >= 4 is 45.9 Å². The number of hydrogen-bond donors (Lipinski definition) is 2. The number of nitrogens with two attached hydrogens (primary N) is 1. The number of amides is 1. The van der Waals surface area contributed by atoms with Crippen molar-refractivity contribution < 1.29 is 10.0 Å². The van der Waals surface area contributed by atoms with Crippen LogP contribution in [-0.2, 0) is 0 Å². The predicted octanol–water partition coefficient (Wildman–Crippen LogP) is 2.15. The van der Waals surface area contributed by atoms with E-state index >= 15 is 0 Å². The molecule has 7 heteroatoms. The van der Waals surface area contributed by atoms with Gasteiger partial charge in [-0.05, 0) is 47.7 Å². The lowest BCUT2D eigenvalue weighted by Crippen LogP contribution is -2.43. The van der Waals surface area contributed by atoms with Crippen molar-refractivity contribution in [2.24, 2.45) is 10.9 Å². The van der Waals surface area contributed by atoms with Gasteiger partial charge in [0.15, 0.2) is 5.84 Å². The fourth-order valence-electron chi connectivity index (χ4n) is 1.29. The van der Waals surface area contributed by atoms with E-state index in [9.17, 15) is 4.79 Å². The zero-order valence-corrected chi connectivity index (χ0v) is 12.8. The molecule has 18 heavy (non-hydrogen) atoms. The predicted molar refractivity (Wildman–Crippen MR) is 79.1 cm³/mol. The first-order valence-corrected chi connectivity index (χ1v) is 6.53. The number of halogens is 2. The molecule has 1 unspecified atom stereocenters. The minimum absolute atomic E-state index is 0.0255. The van der Waals surface area contributed by atoms with E-state index in [0.717, 1.165) is 3.57 Å². The maximum Gasteiger partial charge on any atom is 0.254 e. The van der Waals surface area contributed by atoms with Crippen LogP contribution in [0.5, 0.6) is 0 Å². The molecule has 1 aromatic rings. The van der Waals surface area contributed by atoms with Gasteiger partial charge in [0.2, 0.25) is 0 Å². The quantitative estimate of drug-likeness (QED) is 0.277. The summed E-state index contributed by atoms with van der Waals surface area (Å²) in [6, 6.07) is 4.55. The Morgan fingerprint density at radius 3 is 2.72 bits per heavy atom. The molecular weight excluding hydrogens is 368 g/mol. The lowest BCUT2D eigenvalue weighted by Gasteiger charge is -2.23. The molecule has 5 nitrogen and oxygen atoms in total. The maximum absolute atomic E-state index is 12.1. The summed E-state index contributed by atoms with van der Waals surface area (Å²) in [5, 5.41) is 12.0. The van der Waals surface area contributed by atoms with Crippen LogP contribution < -0.4 is 5.73 Å². The number of hydrogen-bond acceptors (Lipinski definition) is 3. The van der Waals surface area contributed by atoms with Crippen molar-refractivity contribution in [3.8, 4) is 0 Å². The Morgan fingerprint density at radius 2 is 2.22 bits per heavy atom. The number of nitrogens with zero attached hydrogens (tertiary/aromatic N) is 2. The van der Waals surface area contributed by atoms with Crippen LogP contribution in [0.4, 0.5) is 0 Å². The second-order valence-electron chi connectivity index (χ2n) is 3.75. The summed E-state index contributed by atoms with van der Waals surface area (Å²) >= 11 is 8.05. The van der Waals surface area contributed by atoms with E-state index in [2.05, 4.69) is 27.7 Å². The number of rotatable bonds is 3. The first-order chi connectivity index (χ1) is 8.38. The Kier molecular flexibility index (Phi) is 5.21. The lowest BCUT2D eigenvalue weighted by molar-refractivity contribution is 0.0776. The van der Waals surface area contributed by atoms with E-state index in [4.69, 9.17) is 22.5 Å². The number of carbonyl (C=O) groups is 1. The third kappa shape index (κ3) is 3.26. The minimum Gasteiger partial charge on any atom is -0.409 e. The van der Waals surface area contributed by atoms with Gasteiger partial charge in [-0.1, -0.05) is 16.8 Å². The Labute approximate surface area is 124 Å². The monoisotopic (exact) mass is 381 g/mol. The van der Waals surface area contributed by atoms with Crippen LogP contribution in [-0.4, -0.2) is 34.9 Å². The number of benzene rings is 1. The highest BCUT2D eigenvalue weighted by molar-refractivity contribution is 14.1. The molecule has 0 heterocycles. The van der Waals surface area contributed by atoms with E-state index in [1.54, 1.807) is 32.2 Å². The maximum atomic E-state index is 12.1. The standard InChI is InChI=1S/C11H13ClIN3O2/c1-6(10(14)15-18)16(2)11(17)7-3-4-9(13)8(12)5-7/h3-6,18H,1-2H3,(H2,14,15). The summed E-state index contributed by atoms with van der Waals surface area (Å²) in [5.74, 6) is -0.269. The smallest absolute Gasteiger partial charge is 0.254 e. The van der Waals surface area contributed by atoms with Gasteiger partial charge in [0.05, 0.1) is 11.1 Å². The fraction of sp³-hybridized carbons (Fsp3) is 0.273. The summed E-state index contributed by atoms with van der Waals surface area (Å²) in [4.78, 5) is 13.5. The number of likely N-dealkylation sites (N-methyl/N-ethyl adjacent to an activating group) is 1. The van der Waals surface area contributed by atoms with Gasteiger partial charge in [-0.3, -0.25) is 4.79 Å². The number of amidine groups is 1. The summed E-state index contributed by atoms with van der Waals surface area (Å²) < 4.78 is 0.873. The van der Waals surface area contributed by atoms with Crippen molar-refractivity contribution in [2.45, 2.75) is 13.0 Å². The molecule has 0 radical (unpaired) electrons. The molecule has 0 aliphatic heterocycles. The molecule has 1 atom stereocenters. The molecule has 1 aromatic carbocycles. The molecule has 98 valence electrons. The summed E-state index contributed by atoms with van der Waals surface area (Å²) in [7, 11) is 1.58.